The fourth-order valence-electron chi connectivity index (χ4n) is 1.28. The molecule has 1 aromatic carbocycles. The minimum atomic E-state index is 0.574. The molecule has 2 rings (SSSR count). The molecule has 0 aliphatic rings. The molecule has 0 saturated carbocycles. The number of aromatic nitrogens is 1. The molecular weight excluding hydrogens is 182 g/mol. The van der Waals surface area contributed by atoms with Gasteiger partial charge in [-0.05, 0) is 23.3 Å². The lowest BCUT2D eigenvalue weighted by Gasteiger charge is -1.99. The van der Waals surface area contributed by atoms with Gasteiger partial charge in [0.05, 0.1) is 0 Å². The maximum atomic E-state index is 5.70. The number of benzene rings is 1. The van der Waals surface area contributed by atoms with Crippen molar-refractivity contribution >= 4 is 11.6 Å². The van der Waals surface area contributed by atoms with E-state index in [0.29, 0.717) is 5.88 Å². The molecule has 0 fully saturated rings. The third kappa shape index (κ3) is 1.76. The predicted octanol–water partition coefficient (Wildman–Crippen LogP) is 3.42. The standard InChI is InChI=1S/C11H10ClN/c12-8-9-3-5-10(6-4-9)11-2-1-7-13-11/h1-7,13H,8H2. The van der Waals surface area contributed by atoms with Gasteiger partial charge in [-0.3, -0.25) is 0 Å². The van der Waals surface area contributed by atoms with E-state index in [-0.39, 0.29) is 0 Å². The molecule has 13 heavy (non-hydrogen) atoms. The number of nitrogens with one attached hydrogen (secondary N) is 1. The molecule has 0 unspecified atom stereocenters. The molecule has 0 amide bonds. The van der Waals surface area contributed by atoms with Gasteiger partial charge in [0, 0.05) is 17.8 Å². The van der Waals surface area contributed by atoms with Crippen molar-refractivity contribution in [1.29, 1.82) is 0 Å². The smallest absolute Gasteiger partial charge is 0.0474 e. The van der Waals surface area contributed by atoms with Gasteiger partial charge < -0.3 is 4.98 Å². The summed E-state index contributed by atoms with van der Waals surface area (Å²) < 4.78 is 0. The highest BCUT2D eigenvalue weighted by Crippen LogP contribution is 2.17. The number of hydrogen-bond acceptors (Lipinski definition) is 0. The van der Waals surface area contributed by atoms with Gasteiger partial charge in [-0.15, -0.1) is 11.6 Å². The highest BCUT2D eigenvalue weighted by atomic mass is 35.5. The molecule has 0 bridgehead atoms. The van der Waals surface area contributed by atoms with E-state index in [2.05, 4.69) is 23.2 Å². The molecule has 1 aromatic heterocycles. The Morgan fingerprint density at radius 1 is 1.08 bits per heavy atom. The summed E-state index contributed by atoms with van der Waals surface area (Å²) in [5, 5.41) is 0. The van der Waals surface area contributed by atoms with Crippen LogP contribution in [-0.4, -0.2) is 4.98 Å². The van der Waals surface area contributed by atoms with E-state index in [9.17, 15) is 0 Å². The van der Waals surface area contributed by atoms with Gasteiger partial charge in [-0.25, -0.2) is 0 Å². The number of hydrogen-bond donors (Lipinski definition) is 1. The van der Waals surface area contributed by atoms with Crippen LogP contribution in [0.3, 0.4) is 0 Å². The van der Waals surface area contributed by atoms with Crippen molar-refractivity contribution in [2.75, 3.05) is 0 Å². The lowest BCUT2D eigenvalue weighted by molar-refractivity contribution is 1.37. The van der Waals surface area contributed by atoms with E-state index in [1.807, 2.05) is 24.4 Å². The largest absolute Gasteiger partial charge is 0.361 e. The second-order valence-corrected chi connectivity index (χ2v) is 3.18. The first-order valence-electron chi connectivity index (χ1n) is 4.19. The van der Waals surface area contributed by atoms with E-state index in [0.717, 1.165) is 11.3 Å². The van der Waals surface area contributed by atoms with Crippen LogP contribution in [0.5, 0.6) is 0 Å². The summed E-state index contributed by atoms with van der Waals surface area (Å²) in [6.45, 7) is 0. The molecule has 0 radical (unpaired) electrons. The van der Waals surface area contributed by atoms with Crippen LogP contribution in [0.1, 0.15) is 5.56 Å². The summed E-state index contributed by atoms with van der Waals surface area (Å²) in [6.07, 6.45) is 1.92. The summed E-state index contributed by atoms with van der Waals surface area (Å²) >= 11 is 5.70. The molecule has 2 aromatic rings. The van der Waals surface area contributed by atoms with Crippen LogP contribution >= 0.6 is 11.6 Å². The zero-order chi connectivity index (χ0) is 9.10. The predicted molar refractivity (Wildman–Crippen MR) is 55.8 cm³/mol. The van der Waals surface area contributed by atoms with Gasteiger partial charge >= 0.3 is 0 Å². The van der Waals surface area contributed by atoms with Gasteiger partial charge in [0.25, 0.3) is 0 Å². The van der Waals surface area contributed by atoms with Crippen LogP contribution in [0, 0.1) is 0 Å². The second kappa shape index (κ2) is 3.67. The van der Waals surface area contributed by atoms with Crippen molar-refractivity contribution < 1.29 is 0 Å². The van der Waals surface area contributed by atoms with Crippen LogP contribution in [0.4, 0.5) is 0 Å². The van der Waals surface area contributed by atoms with E-state index in [4.69, 9.17) is 11.6 Å². The fourth-order valence-corrected chi connectivity index (χ4v) is 1.46. The van der Waals surface area contributed by atoms with Crippen LogP contribution in [-0.2, 0) is 5.88 Å². The number of rotatable bonds is 2. The summed E-state index contributed by atoms with van der Waals surface area (Å²) in [5.41, 5.74) is 3.48. The number of halogens is 1. The topological polar surface area (TPSA) is 15.8 Å². The Balaban J connectivity index is 2.33. The third-order valence-corrected chi connectivity index (χ3v) is 2.33. The first-order valence-corrected chi connectivity index (χ1v) is 4.72. The van der Waals surface area contributed by atoms with Crippen LogP contribution in [0.25, 0.3) is 11.3 Å². The monoisotopic (exact) mass is 191 g/mol. The van der Waals surface area contributed by atoms with E-state index < -0.39 is 0 Å². The minimum absolute atomic E-state index is 0.574. The lowest BCUT2D eigenvalue weighted by Crippen LogP contribution is -1.79. The van der Waals surface area contributed by atoms with Gasteiger partial charge in [0.1, 0.15) is 0 Å². The summed E-state index contributed by atoms with van der Waals surface area (Å²) in [4.78, 5) is 3.16. The van der Waals surface area contributed by atoms with Crippen molar-refractivity contribution in [3.63, 3.8) is 0 Å². The van der Waals surface area contributed by atoms with Gasteiger partial charge in [0.15, 0.2) is 0 Å². The molecule has 1 N–H and O–H groups in total. The Morgan fingerprint density at radius 2 is 1.85 bits per heavy atom. The molecule has 0 saturated heterocycles. The second-order valence-electron chi connectivity index (χ2n) is 2.91. The molecular formula is C11H10ClN. The molecule has 1 heterocycles. The fraction of sp³-hybridized carbons (Fsp3) is 0.0909. The first-order chi connectivity index (χ1) is 6.40. The molecule has 1 nitrogen and oxygen atoms in total. The van der Waals surface area contributed by atoms with Crippen molar-refractivity contribution in [3.05, 3.63) is 48.2 Å². The number of alkyl halides is 1. The Labute approximate surface area is 82.4 Å². The normalized spacial score (nSPS) is 10.2. The van der Waals surface area contributed by atoms with E-state index in [1.54, 1.807) is 0 Å². The Kier molecular flexibility index (Phi) is 2.37. The van der Waals surface area contributed by atoms with Crippen molar-refractivity contribution in [1.82, 2.24) is 4.98 Å². The molecule has 0 aliphatic carbocycles. The van der Waals surface area contributed by atoms with Crippen LogP contribution in [0.2, 0.25) is 0 Å². The van der Waals surface area contributed by atoms with Crippen LogP contribution < -0.4 is 0 Å². The highest BCUT2D eigenvalue weighted by molar-refractivity contribution is 6.17. The maximum absolute atomic E-state index is 5.70. The Bertz CT molecular complexity index is 361. The van der Waals surface area contributed by atoms with Crippen molar-refractivity contribution in [2.45, 2.75) is 5.88 Å². The third-order valence-electron chi connectivity index (χ3n) is 2.02. The maximum Gasteiger partial charge on any atom is 0.0474 e. The van der Waals surface area contributed by atoms with E-state index in [1.165, 1.54) is 5.56 Å². The molecule has 0 atom stereocenters. The average Bonchev–Trinajstić information content (AvgIpc) is 2.71. The first kappa shape index (κ1) is 8.39. The lowest BCUT2D eigenvalue weighted by atomic mass is 10.1. The SMILES string of the molecule is ClCc1ccc(-c2ccc[nH]2)cc1. The van der Waals surface area contributed by atoms with Crippen molar-refractivity contribution in [2.24, 2.45) is 0 Å². The summed E-state index contributed by atoms with van der Waals surface area (Å²) in [7, 11) is 0. The van der Waals surface area contributed by atoms with Gasteiger partial charge in [-0.1, -0.05) is 24.3 Å². The number of H-pyrrole nitrogens is 1. The van der Waals surface area contributed by atoms with Gasteiger partial charge in [-0.2, -0.15) is 0 Å². The van der Waals surface area contributed by atoms with E-state index >= 15 is 0 Å². The zero-order valence-electron chi connectivity index (χ0n) is 7.13. The molecule has 2 heteroatoms. The van der Waals surface area contributed by atoms with Gasteiger partial charge in [0.2, 0.25) is 0 Å². The van der Waals surface area contributed by atoms with Crippen molar-refractivity contribution in [3.8, 4) is 11.3 Å². The zero-order valence-corrected chi connectivity index (χ0v) is 7.88. The average molecular weight is 192 g/mol. The summed E-state index contributed by atoms with van der Waals surface area (Å²) in [6, 6.07) is 12.3. The quantitative estimate of drug-likeness (QED) is 0.701. The summed E-state index contributed by atoms with van der Waals surface area (Å²) in [5.74, 6) is 0.574. The molecule has 0 aliphatic heterocycles. The molecule has 0 spiro atoms. The Morgan fingerprint density at radius 3 is 2.38 bits per heavy atom. The molecule has 66 valence electrons. The minimum Gasteiger partial charge on any atom is -0.361 e. The van der Waals surface area contributed by atoms with Crippen LogP contribution in [0.15, 0.2) is 42.6 Å². The Hall–Kier alpha value is -1.21. The highest BCUT2D eigenvalue weighted by Gasteiger charge is 1.96. The number of aromatic amines is 1.